The van der Waals surface area contributed by atoms with Crippen molar-refractivity contribution in [1.82, 2.24) is 5.32 Å². The highest BCUT2D eigenvalue weighted by Crippen LogP contribution is 2.04. The summed E-state index contributed by atoms with van der Waals surface area (Å²) in [6, 6.07) is 0.565. The molecule has 3 heteroatoms. The second-order valence-corrected chi connectivity index (χ2v) is 2.57. The summed E-state index contributed by atoms with van der Waals surface area (Å²) in [5, 5.41) is 3.33. The smallest absolute Gasteiger partial charge is 0.146 e. The first-order valence-electron chi connectivity index (χ1n) is 3.73. The molecule has 60 valence electrons. The molecule has 0 aromatic carbocycles. The third-order valence-electron chi connectivity index (χ3n) is 1.68. The van der Waals surface area contributed by atoms with Gasteiger partial charge in [-0.05, 0) is 19.4 Å². The molecule has 0 saturated carbocycles. The summed E-state index contributed by atoms with van der Waals surface area (Å²) in [5.74, 6) is 0. The van der Waals surface area contributed by atoms with Crippen molar-refractivity contribution in [3.8, 4) is 0 Å². The monoisotopic (exact) mass is 145 g/mol. The summed E-state index contributed by atoms with van der Waals surface area (Å²) >= 11 is 0. The van der Waals surface area contributed by atoms with E-state index in [1.807, 2.05) is 0 Å². The van der Waals surface area contributed by atoms with Gasteiger partial charge in [-0.3, -0.25) is 0 Å². The number of ether oxygens (including phenoxy) is 2. The van der Waals surface area contributed by atoms with E-state index in [1.165, 1.54) is 12.8 Å². The zero-order valence-corrected chi connectivity index (χ0v) is 6.43. The van der Waals surface area contributed by atoms with Gasteiger partial charge in [-0.1, -0.05) is 0 Å². The summed E-state index contributed by atoms with van der Waals surface area (Å²) in [6.07, 6.45) is 2.52. The minimum Gasteiger partial charge on any atom is -0.359 e. The normalized spacial score (nSPS) is 25.5. The molecule has 0 aliphatic carbocycles. The van der Waals surface area contributed by atoms with Crippen LogP contribution in [0.1, 0.15) is 12.8 Å². The lowest BCUT2D eigenvalue weighted by Crippen LogP contribution is -2.27. The molecule has 0 unspecified atom stereocenters. The lowest BCUT2D eigenvalue weighted by Gasteiger charge is -2.09. The van der Waals surface area contributed by atoms with Crippen LogP contribution in [-0.4, -0.2) is 33.1 Å². The van der Waals surface area contributed by atoms with Gasteiger partial charge in [-0.25, -0.2) is 0 Å². The van der Waals surface area contributed by atoms with Crippen LogP contribution < -0.4 is 5.32 Å². The van der Waals surface area contributed by atoms with Crippen molar-refractivity contribution in [1.29, 1.82) is 0 Å². The standard InChI is InChI=1S/C7H15NO2/c1-9-6-10-5-7-3-2-4-8-7/h7-8H,2-6H2,1H3/t7-/m1/s1. The largest absolute Gasteiger partial charge is 0.359 e. The van der Waals surface area contributed by atoms with Crippen LogP contribution >= 0.6 is 0 Å². The Balaban J connectivity index is 1.91. The lowest BCUT2D eigenvalue weighted by atomic mass is 10.2. The Morgan fingerprint density at radius 2 is 2.50 bits per heavy atom. The maximum Gasteiger partial charge on any atom is 0.146 e. The van der Waals surface area contributed by atoms with E-state index < -0.39 is 0 Å². The van der Waals surface area contributed by atoms with Crippen LogP contribution in [0.4, 0.5) is 0 Å². The molecule has 1 fully saturated rings. The van der Waals surface area contributed by atoms with Crippen LogP contribution in [0, 0.1) is 0 Å². The zero-order chi connectivity index (χ0) is 7.23. The predicted molar refractivity (Wildman–Crippen MR) is 38.9 cm³/mol. The second-order valence-electron chi connectivity index (χ2n) is 2.57. The Morgan fingerprint density at radius 1 is 1.60 bits per heavy atom. The number of hydrogen-bond acceptors (Lipinski definition) is 3. The molecule has 0 radical (unpaired) electrons. The predicted octanol–water partition coefficient (Wildman–Crippen LogP) is 0.359. The minimum atomic E-state index is 0.415. The first kappa shape index (κ1) is 7.98. The highest BCUT2D eigenvalue weighted by atomic mass is 16.7. The molecule has 1 N–H and O–H groups in total. The summed E-state index contributed by atoms with van der Waals surface area (Å²) in [4.78, 5) is 0. The number of methoxy groups -OCH3 is 1. The third kappa shape index (κ3) is 2.64. The van der Waals surface area contributed by atoms with Crippen molar-refractivity contribution in [3.05, 3.63) is 0 Å². The van der Waals surface area contributed by atoms with Crippen LogP contribution in [-0.2, 0) is 9.47 Å². The lowest BCUT2D eigenvalue weighted by molar-refractivity contribution is -0.0364. The van der Waals surface area contributed by atoms with Gasteiger partial charge in [0.15, 0.2) is 0 Å². The van der Waals surface area contributed by atoms with E-state index in [4.69, 9.17) is 9.47 Å². The van der Waals surface area contributed by atoms with Crippen LogP contribution in [0.5, 0.6) is 0 Å². The fourth-order valence-corrected chi connectivity index (χ4v) is 1.17. The molecule has 0 amide bonds. The van der Waals surface area contributed by atoms with Crippen LogP contribution in [0.25, 0.3) is 0 Å². The van der Waals surface area contributed by atoms with Crippen molar-refractivity contribution in [2.75, 3.05) is 27.1 Å². The van der Waals surface area contributed by atoms with Gasteiger partial charge in [-0.15, -0.1) is 0 Å². The molecule has 0 bridgehead atoms. The topological polar surface area (TPSA) is 30.5 Å². The molecule has 3 nitrogen and oxygen atoms in total. The van der Waals surface area contributed by atoms with E-state index in [-0.39, 0.29) is 0 Å². The van der Waals surface area contributed by atoms with E-state index in [2.05, 4.69) is 5.32 Å². The number of rotatable bonds is 4. The summed E-state index contributed by atoms with van der Waals surface area (Å²) in [6.45, 7) is 2.34. The molecule has 1 heterocycles. The van der Waals surface area contributed by atoms with Crippen molar-refractivity contribution in [2.45, 2.75) is 18.9 Å². The van der Waals surface area contributed by atoms with Gasteiger partial charge in [-0.2, -0.15) is 0 Å². The van der Waals surface area contributed by atoms with Gasteiger partial charge in [0.2, 0.25) is 0 Å². The van der Waals surface area contributed by atoms with Crippen LogP contribution in [0.2, 0.25) is 0 Å². The Hall–Kier alpha value is -0.120. The van der Waals surface area contributed by atoms with Crippen LogP contribution in [0.3, 0.4) is 0 Å². The maximum absolute atomic E-state index is 5.18. The molecule has 1 aliphatic heterocycles. The quantitative estimate of drug-likeness (QED) is 0.457. The van der Waals surface area contributed by atoms with Crippen molar-refractivity contribution in [2.24, 2.45) is 0 Å². The third-order valence-corrected chi connectivity index (χ3v) is 1.68. The molecule has 1 aliphatic rings. The fraction of sp³-hybridized carbons (Fsp3) is 1.00. The number of hydrogen-bond donors (Lipinski definition) is 1. The number of nitrogens with one attached hydrogen (secondary N) is 1. The Kier molecular flexibility index (Phi) is 3.72. The highest BCUT2D eigenvalue weighted by Gasteiger charge is 2.12. The van der Waals surface area contributed by atoms with Crippen molar-refractivity contribution in [3.63, 3.8) is 0 Å². The van der Waals surface area contributed by atoms with E-state index in [0.29, 0.717) is 12.8 Å². The summed E-state index contributed by atoms with van der Waals surface area (Å²) in [5.41, 5.74) is 0. The molecule has 0 spiro atoms. The average Bonchev–Trinajstić information content (AvgIpc) is 2.41. The summed E-state index contributed by atoms with van der Waals surface area (Å²) in [7, 11) is 1.64. The highest BCUT2D eigenvalue weighted by molar-refractivity contribution is 4.72. The zero-order valence-electron chi connectivity index (χ0n) is 6.43. The Morgan fingerprint density at radius 3 is 3.10 bits per heavy atom. The van der Waals surface area contributed by atoms with Crippen molar-refractivity contribution < 1.29 is 9.47 Å². The van der Waals surface area contributed by atoms with Gasteiger partial charge in [0.1, 0.15) is 6.79 Å². The van der Waals surface area contributed by atoms with Crippen LogP contribution in [0.15, 0.2) is 0 Å². The Bertz CT molecular complexity index is 81.7. The Labute approximate surface area is 61.7 Å². The molecular weight excluding hydrogens is 130 g/mol. The molecule has 0 aromatic heterocycles. The van der Waals surface area contributed by atoms with Gasteiger partial charge in [0.25, 0.3) is 0 Å². The van der Waals surface area contributed by atoms with Crippen molar-refractivity contribution >= 4 is 0 Å². The second kappa shape index (κ2) is 4.66. The van der Waals surface area contributed by atoms with E-state index in [1.54, 1.807) is 7.11 Å². The van der Waals surface area contributed by atoms with Gasteiger partial charge < -0.3 is 14.8 Å². The molecule has 1 atom stereocenters. The first-order valence-corrected chi connectivity index (χ1v) is 3.73. The molecular formula is C7H15NO2. The molecule has 1 rings (SSSR count). The van der Waals surface area contributed by atoms with E-state index in [0.717, 1.165) is 13.2 Å². The maximum atomic E-state index is 5.18. The van der Waals surface area contributed by atoms with Gasteiger partial charge in [0, 0.05) is 13.2 Å². The van der Waals surface area contributed by atoms with E-state index in [9.17, 15) is 0 Å². The summed E-state index contributed by atoms with van der Waals surface area (Å²) < 4.78 is 9.93. The minimum absolute atomic E-state index is 0.415. The fourth-order valence-electron chi connectivity index (χ4n) is 1.17. The SMILES string of the molecule is COCOC[C@H]1CCCN1. The molecule has 1 saturated heterocycles. The van der Waals surface area contributed by atoms with Gasteiger partial charge in [0.05, 0.1) is 6.61 Å². The molecule has 0 aromatic rings. The average molecular weight is 145 g/mol. The first-order chi connectivity index (χ1) is 4.93. The van der Waals surface area contributed by atoms with Gasteiger partial charge >= 0.3 is 0 Å². The molecule has 10 heavy (non-hydrogen) atoms. The van der Waals surface area contributed by atoms with E-state index >= 15 is 0 Å².